The van der Waals surface area contributed by atoms with Crippen LogP contribution in [0, 0.1) is 5.41 Å². The fraction of sp³-hybridized carbons (Fsp3) is 0.462. The first-order valence-corrected chi connectivity index (χ1v) is 6.89. The predicted molar refractivity (Wildman–Crippen MR) is 84.7 cm³/mol. The van der Waals surface area contributed by atoms with E-state index in [0.717, 1.165) is 5.69 Å². The molecule has 5 heteroatoms. The highest BCUT2D eigenvalue weighted by molar-refractivity contribution is 7.80. The molecule has 2 N–H and O–H groups in total. The molecule has 1 atom stereocenters. The van der Waals surface area contributed by atoms with Gasteiger partial charge in [-0.15, -0.1) is 0 Å². The summed E-state index contributed by atoms with van der Waals surface area (Å²) in [4.78, 5) is 0. The third-order valence-corrected chi connectivity index (χ3v) is 3.78. The van der Waals surface area contributed by atoms with Crippen LogP contribution in [0.5, 0.6) is 0 Å². The molecule has 0 amide bonds. The zero-order valence-corrected chi connectivity index (χ0v) is 13.3. The molecule has 0 aromatic heterocycles. The van der Waals surface area contributed by atoms with Crippen molar-refractivity contribution in [2.24, 2.45) is 5.41 Å². The number of anilines is 1. The highest BCUT2D eigenvalue weighted by Crippen LogP contribution is 2.25. The Morgan fingerprint density at radius 3 is 2.33 bits per heavy atom. The Balaban J connectivity index is 2.62. The van der Waals surface area contributed by atoms with Gasteiger partial charge in [0.25, 0.3) is 0 Å². The van der Waals surface area contributed by atoms with Crippen LogP contribution < -0.4 is 10.6 Å². The highest BCUT2D eigenvalue weighted by Gasteiger charge is 2.20. The maximum absolute atomic E-state index is 5.94. The molecule has 1 aromatic carbocycles. The number of thiocarbonyl (C=S) groups is 1. The summed E-state index contributed by atoms with van der Waals surface area (Å²) in [6.45, 7) is 8.58. The first-order valence-electron chi connectivity index (χ1n) is 5.72. The summed E-state index contributed by atoms with van der Waals surface area (Å²) in [5.41, 5.74) is 0.964. The van der Waals surface area contributed by atoms with Gasteiger partial charge in [-0.1, -0.05) is 44.0 Å². The molecule has 0 saturated heterocycles. The van der Waals surface area contributed by atoms with Crippen LogP contribution in [0.3, 0.4) is 0 Å². The van der Waals surface area contributed by atoms with Gasteiger partial charge in [-0.2, -0.15) is 0 Å². The zero-order chi connectivity index (χ0) is 13.9. The minimum atomic E-state index is 0.142. The van der Waals surface area contributed by atoms with E-state index in [0.29, 0.717) is 15.2 Å². The third-order valence-electron chi connectivity index (χ3n) is 2.82. The normalized spacial score (nSPS) is 13.0. The molecule has 2 nitrogen and oxygen atoms in total. The number of rotatable bonds is 2. The lowest BCUT2D eigenvalue weighted by atomic mass is 9.88. The molecular weight excluding hydrogens is 287 g/mol. The van der Waals surface area contributed by atoms with Gasteiger partial charge >= 0.3 is 0 Å². The first kappa shape index (κ1) is 15.5. The largest absolute Gasteiger partial charge is 0.359 e. The van der Waals surface area contributed by atoms with Crippen molar-refractivity contribution in [2.45, 2.75) is 33.7 Å². The smallest absolute Gasteiger partial charge is 0.171 e. The average molecular weight is 305 g/mol. The van der Waals surface area contributed by atoms with Crippen LogP contribution in [0.4, 0.5) is 5.69 Å². The van der Waals surface area contributed by atoms with E-state index >= 15 is 0 Å². The number of hydrogen-bond donors (Lipinski definition) is 2. The maximum atomic E-state index is 5.94. The fourth-order valence-corrected chi connectivity index (χ4v) is 1.75. The van der Waals surface area contributed by atoms with Gasteiger partial charge in [-0.3, -0.25) is 0 Å². The van der Waals surface area contributed by atoms with E-state index in [-0.39, 0.29) is 11.5 Å². The Bertz CT molecular complexity index is 441. The molecule has 1 aromatic rings. The Kier molecular flexibility index (Phi) is 5.26. The lowest BCUT2D eigenvalue weighted by Crippen LogP contribution is -2.43. The van der Waals surface area contributed by atoms with E-state index in [9.17, 15) is 0 Å². The second-order valence-electron chi connectivity index (χ2n) is 5.32. The summed E-state index contributed by atoms with van der Waals surface area (Å²) in [5, 5.41) is 7.96. The Morgan fingerprint density at radius 1 is 1.22 bits per heavy atom. The second kappa shape index (κ2) is 6.09. The quantitative estimate of drug-likeness (QED) is 0.774. The van der Waals surface area contributed by atoms with Crippen molar-refractivity contribution in [3.05, 3.63) is 28.2 Å². The lowest BCUT2D eigenvalue weighted by molar-refractivity contribution is 0.317. The van der Waals surface area contributed by atoms with E-state index in [1.165, 1.54) is 0 Å². The standard InChI is InChI=1S/C13H18Cl2N2S/c1-8(13(2,3)4)16-12(18)17-9-5-6-10(14)11(15)7-9/h5-8H,1-4H3,(H2,16,17,18). The molecule has 18 heavy (non-hydrogen) atoms. The van der Waals surface area contributed by atoms with Crippen molar-refractivity contribution in [3.63, 3.8) is 0 Å². The molecule has 0 fully saturated rings. The van der Waals surface area contributed by atoms with Crippen molar-refractivity contribution >= 4 is 46.2 Å². The van der Waals surface area contributed by atoms with Crippen LogP contribution >= 0.6 is 35.4 Å². The minimum absolute atomic E-state index is 0.142. The van der Waals surface area contributed by atoms with Crippen molar-refractivity contribution in [1.29, 1.82) is 0 Å². The molecule has 0 saturated carbocycles. The summed E-state index contributed by atoms with van der Waals surface area (Å²) >= 11 is 17.1. The lowest BCUT2D eigenvalue weighted by Gasteiger charge is -2.29. The van der Waals surface area contributed by atoms with Crippen LogP contribution in [0.15, 0.2) is 18.2 Å². The first-order chi connectivity index (χ1) is 8.20. The predicted octanol–water partition coefficient (Wildman–Crippen LogP) is 4.71. The summed E-state index contributed by atoms with van der Waals surface area (Å²) in [6, 6.07) is 5.59. The van der Waals surface area contributed by atoms with Crippen molar-refractivity contribution in [2.75, 3.05) is 5.32 Å². The average Bonchev–Trinajstić information content (AvgIpc) is 2.22. The van der Waals surface area contributed by atoms with Gasteiger partial charge in [0, 0.05) is 11.7 Å². The van der Waals surface area contributed by atoms with Crippen LogP contribution in [-0.4, -0.2) is 11.2 Å². The molecule has 0 aliphatic carbocycles. The molecule has 0 aliphatic heterocycles. The van der Waals surface area contributed by atoms with Crippen LogP contribution in [0.25, 0.3) is 0 Å². The summed E-state index contributed by atoms with van der Waals surface area (Å²) < 4.78 is 0. The number of benzene rings is 1. The number of hydrogen-bond acceptors (Lipinski definition) is 1. The molecule has 0 radical (unpaired) electrons. The molecular formula is C13H18Cl2N2S. The summed E-state index contributed by atoms with van der Waals surface area (Å²) in [7, 11) is 0. The molecule has 0 spiro atoms. The van der Waals surface area contributed by atoms with Crippen LogP contribution in [-0.2, 0) is 0 Å². The molecule has 0 heterocycles. The Morgan fingerprint density at radius 2 is 1.83 bits per heavy atom. The van der Waals surface area contributed by atoms with E-state index in [4.69, 9.17) is 35.4 Å². The van der Waals surface area contributed by atoms with Gasteiger partial charge in [0.2, 0.25) is 0 Å². The van der Waals surface area contributed by atoms with E-state index in [1.807, 2.05) is 6.07 Å². The van der Waals surface area contributed by atoms with Crippen molar-refractivity contribution in [3.8, 4) is 0 Å². The van der Waals surface area contributed by atoms with Gasteiger partial charge < -0.3 is 10.6 Å². The molecule has 1 rings (SSSR count). The van der Waals surface area contributed by atoms with E-state index < -0.39 is 0 Å². The SMILES string of the molecule is CC(NC(=S)Nc1ccc(Cl)c(Cl)c1)C(C)(C)C. The van der Waals surface area contributed by atoms with Crippen LogP contribution in [0.2, 0.25) is 10.0 Å². The topological polar surface area (TPSA) is 24.1 Å². The fourth-order valence-electron chi connectivity index (χ4n) is 1.15. The monoisotopic (exact) mass is 304 g/mol. The zero-order valence-electron chi connectivity index (χ0n) is 11.0. The number of nitrogens with one attached hydrogen (secondary N) is 2. The van der Waals surface area contributed by atoms with E-state index in [2.05, 4.69) is 38.3 Å². The van der Waals surface area contributed by atoms with Gasteiger partial charge in [-0.05, 0) is 42.8 Å². The Labute approximate surface area is 124 Å². The summed E-state index contributed by atoms with van der Waals surface area (Å²) in [5.74, 6) is 0. The van der Waals surface area contributed by atoms with Crippen LogP contribution in [0.1, 0.15) is 27.7 Å². The number of halogens is 2. The minimum Gasteiger partial charge on any atom is -0.359 e. The van der Waals surface area contributed by atoms with Crippen molar-refractivity contribution in [1.82, 2.24) is 5.32 Å². The second-order valence-corrected chi connectivity index (χ2v) is 6.54. The molecule has 1 unspecified atom stereocenters. The summed E-state index contributed by atoms with van der Waals surface area (Å²) in [6.07, 6.45) is 0. The highest BCUT2D eigenvalue weighted by atomic mass is 35.5. The maximum Gasteiger partial charge on any atom is 0.171 e. The molecule has 100 valence electrons. The van der Waals surface area contributed by atoms with Gasteiger partial charge in [-0.25, -0.2) is 0 Å². The van der Waals surface area contributed by atoms with Gasteiger partial charge in [0.1, 0.15) is 0 Å². The molecule has 0 aliphatic rings. The molecule has 0 bridgehead atoms. The van der Waals surface area contributed by atoms with Gasteiger partial charge in [0.15, 0.2) is 5.11 Å². The van der Waals surface area contributed by atoms with Gasteiger partial charge in [0.05, 0.1) is 10.0 Å². The van der Waals surface area contributed by atoms with E-state index in [1.54, 1.807) is 12.1 Å². The third kappa shape index (κ3) is 4.63. The Hall–Kier alpha value is -0.510. The van der Waals surface area contributed by atoms with Crippen molar-refractivity contribution < 1.29 is 0 Å².